The predicted molar refractivity (Wildman–Crippen MR) is 105 cm³/mol. The summed E-state index contributed by atoms with van der Waals surface area (Å²) in [5, 5.41) is 13.5. The second-order valence-electron chi connectivity index (χ2n) is 5.89. The Labute approximate surface area is 175 Å². The summed E-state index contributed by atoms with van der Waals surface area (Å²) >= 11 is 7.33. The van der Waals surface area contributed by atoms with Gasteiger partial charge in [0.05, 0.1) is 48.4 Å². The average molecular weight is 442 g/mol. The minimum atomic E-state index is -1.08. The number of rotatable bonds is 12. The third kappa shape index (κ3) is 5.87. The number of hydrogen-bond donors (Lipinski definition) is 1. The summed E-state index contributed by atoms with van der Waals surface area (Å²) in [6.45, 7) is 2.10. The Hall–Kier alpha value is -2.24. The van der Waals surface area contributed by atoms with Crippen molar-refractivity contribution in [2.75, 3.05) is 33.5 Å². The zero-order valence-electron chi connectivity index (χ0n) is 15.7. The van der Waals surface area contributed by atoms with E-state index >= 15 is 0 Å². The van der Waals surface area contributed by atoms with E-state index in [1.54, 1.807) is 19.2 Å². The highest BCUT2D eigenvalue weighted by molar-refractivity contribution is 7.19. The molecule has 0 fully saturated rings. The molecule has 0 bridgehead atoms. The van der Waals surface area contributed by atoms with Crippen LogP contribution in [0.1, 0.15) is 22.0 Å². The second-order valence-corrected chi connectivity index (χ2v) is 7.61. The van der Waals surface area contributed by atoms with Gasteiger partial charge >= 0.3 is 5.97 Å². The molecule has 3 aromatic heterocycles. The Morgan fingerprint density at radius 3 is 2.79 bits per heavy atom. The highest BCUT2D eigenvalue weighted by Crippen LogP contribution is 2.31. The van der Waals surface area contributed by atoms with Crippen LogP contribution in [0.3, 0.4) is 0 Å². The molecule has 1 N–H and O–H groups in total. The smallest absolute Gasteiger partial charge is 0.354 e. The average Bonchev–Trinajstić information content (AvgIpc) is 3.42. The van der Waals surface area contributed by atoms with Crippen molar-refractivity contribution in [2.24, 2.45) is 0 Å². The zero-order chi connectivity index (χ0) is 20.6. The quantitative estimate of drug-likeness (QED) is 0.427. The van der Waals surface area contributed by atoms with Gasteiger partial charge in [-0.15, -0.1) is 11.3 Å². The lowest BCUT2D eigenvalue weighted by Gasteiger charge is -2.09. The molecular formula is C18H20ClN3O6S. The number of carboxylic acid groups (broad SMARTS) is 1. The summed E-state index contributed by atoms with van der Waals surface area (Å²) in [7, 11) is 1.60. The molecule has 9 nitrogen and oxygen atoms in total. The van der Waals surface area contributed by atoms with Crippen LogP contribution in [-0.2, 0) is 27.4 Å². The highest BCUT2D eigenvalue weighted by atomic mass is 35.5. The normalized spacial score (nSPS) is 11.2. The van der Waals surface area contributed by atoms with Gasteiger partial charge in [-0.25, -0.2) is 9.78 Å². The molecule has 29 heavy (non-hydrogen) atoms. The Kier molecular flexibility index (Phi) is 7.78. The standard InChI is InChI=1S/C18H20ClN3O6S/c1-25-4-5-26-6-7-27-11-17-20-9-13(18(23)24)22(17)10-12-8-14(28-21-12)15-2-3-16(19)29-15/h2-3,8-9H,4-7,10-11H2,1H3,(H,23,24). The molecule has 3 aromatic rings. The molecule has 0 aliphatic heterocycles. The van der Waals surface area contributed by atoms with Gasteiger partial charge in [-0.1, -0.05) is 16.8 Å². The predicted octanol–water partition coefficient (Wildman–Crippen LogP) is 3.18. The topological polar surface area (TPSA) is 109 Å². The number of imidazole rings is 1. The van der Waals surface area contributed by atoms with Crippen molar-refractivity contribution in [3.8, 4) is 10.6 Å². The van der Waals surface area contributed by atoms with Gasteiger partial charge in [0.2, 0.25) is 0 Å². The summed E-state index contributed by atoms with van der Waals surface area (Å²) in [4.78, 5) is 16.6. The lowest BCUT2D eigenvalue weighted by Crippen LogP contribution is -2.14. The van der Waals surface area contributed by atoms with Crippen LogP contribution in [0.25, 0.3) is 10.6 Å². The van der Waals surface area contributed by atoms with Gasteiger partial charge in [0, 0.05) is 13.2 Å². The number of halogens is 1. The van der Waals surface area contributed by atoms with Crippen molar-refractivity contribution in [2.45, 2.75) is 13.2 Å². The summed E-state index contributed by atoms with van der Waals surface area (Å²) < 4.78 is 23.3. The molecule has 156 valence electrons. The number of ether oxygens (including phenoxy) is 3. The lowest BCUT2D eigenvalue weighted by molar-refractivity contribution is 0.0178. The van der Waals surface area contributed by atoms with Crippen LogP contribution < -0.4 is 0 Å². The van der Waals surface area contributed by atoms with Crippen LogP contribution in [0.15, 0.2) is 28.9 Å². The maximum atomic E-state index is 11.5. The number of aromatic carboxylic acids is 1. The monoisotopic (exact) mass is 441 g/mol. The molecule has 0 atom stereocenters. The second kappa shape index (κ2) is 10.5. The van der Waals surface area contributed by atoms with Crippen LogP contribution in [0, 0.1) is 0 Å². The van der Waals surface area contributed by atoms with Crippen molar-refractivity contribution >= 4 is 28.9 Å². The molecule has 0 aliphatic rings. The fourth-order valence-corrected chi connectivity index (χ4v) is 3.50. The van der Waals surface area contributed by atoms with Crippen molar-refractivity contribution in [1.82, 2.24) is 14.7 Å². The van der Waals surface area contributed by atoms with Crippen molar-refractivity contribution in [3.63, 3.8) is 0 Å². The minimum absolute atomic E-state index is 0.0451. The zero-order valence-corrected chi connectivity index (χ0v) is 17.2. The van der Waals surface area contributed by atoms with Gasteiger partial charge in [-0.05, 0) is 12.1 Å². The summed E-state index contributed by atoms with van der Waals surface area (Å²) in [5.74, 6) is -0.0386. The SMILES string of the molecule is COCCOCCOCc1ncc(C(=O)O)n1Cc1cc(-c2ccc(Cl)s2)on1. The molecule has 0 unspecified atom stereocenters. The van der Waals surface area contributed by atoms with E-state index in [-0.39, 0.29) is 18.8 Å². The molecule has 0 aliphatic carbocycles. The van der Waals surface area contributed by atoms with E-state index in [0.717, 1.165) is 4.88 Å². The number of nitrogens with zero attached hydrogens (tertiary/aromatic N) is 3. The van der Waals surface area contributed by atoms with Gasteiger partial charge in [0.25, 0.3) is 0 Å². The van der Waals surface area contributed by atoms with E-state index < -0.39 is 5.97 Å². The Morgan fingerprint density at radius 2 is 2.07 bits per heavy atom. The van der Waals surface area contributed by atoms with Crippen molar-refractivity contribution in [1.29, 1.82) is 0 Å². The first-order chi connectivity index (χ1) is 14.1. The third-order valence-electron chi connectivity index (χ3n) is 3.89. The van der Waals surface area contributed by atoms with Crippen LogP contribution in [0.5, 0.6) is 0 Å². The maximum absolute atomic E-state index is 11.5. The van der Waals surface area contributed by atoms with Gasteiger partial charge in [-0.2, -0.15) is 0 Å². The summed E-state index contributed by atoms with van der Waals surface area (Å²) in [6.07, 6.45) is 1.30. The van der Waals surface area contributed by atoms with E-state index in [0.29, 0.717) is 48.0 Å². The molecule has 3 heterocycles. The number of aromatic nitrogens is 3. The lowest BCUT2D eigenvalue weighted by atomic mass is 10.3. The summed E-state index contributed by atoms with van der Waals surface area (Å²) in [6, 6.07) is 5.36. The Morgan fingerprint density at radius 1 is 1.28 bits per heavy atom. The highest BCUT2D eigenvalue weighted by Gasteiger charge is 2.18. The fraction of sp³-hybridized carbons (Fsp3) is 0.389. The number of thiophene rings is 1. The molecule has 0 radical (unpaired) electrons. The summed E-state index contributed by atoms with van der Waals surface area (Å²) in [5.41, 5.74) is 0.609. The Balaban J connectivity index is 1.64. The van der Waals surface area contributed by atoms with Gasteiger partial charge < -0.3 is 28.4 Å². The Bertz CT molecular complexity index is 938. The van der Waals surface area contributed by atoms with Crippen LogP contribution in [0.2, 0.25) is 4.34 Å². The van der Waals surface area contributed by atoms with Crippen LogP contribution in [0.4, 0.5) is 0 Å². The van der Waals surface area contributed by atoms with E-state index in [2.05, 4.69) is 10.1 Å². The molecule has 0 aromatic carbocycles. The van der Waals surface area contributed by atoms with E-state index in [1.807, 2.05) is 6.07 Å². The number of carbonyl (C=O) groups is 1. The molecule has 3 rings (SSSR count). The number of carboxylic acids is 1. The fourth-order valence-electron chi connectivity index (χ4n) is 2.51. The third-order valence-corrected chi connectivity index (χ3v) is 5.13. The number of hydrogen-bond acceptors (Lipinski definition) is 8. The van der Waals surface area contributed by atoms with Gasteiger partial charge in [-0.3, -0.25) is 0 Å². The first-order valence-corrected chi connectivity index (χ1v) is 9.91. The molecular weight excluding hydrogens is 422 g/mol. The van der Waals surface area contributed by atoms with E-state index in [1.165, 1.54) is 22.1 Å². The molecule has 0 saturated heterocycles. The first-order valence-electron chi connectivity index (χ1n) is 8.72. The maximum Gasteiger partial charge on any atom is 0.354 e. The van der Waals surface area contributed by atoms with Crippen LogP contribution >= 0.6 is 22.9 Å². The molecule has 11 heteroatoms. The van der Waals surface area contributed by atoms with Gasteiger partial charge in [0.1, 0.15) is 23.8 Å². The van der Waals surface area contributed by atoms with Gasteiger partial charge in [0.15, 0.2) is 5.76 Å². The first kappa shape index (κ1) is 21.5. The molecule has 0 spiro atoms. The molecule has 0 saturated carbocycles. The number of methoxy groups -OCH3 is 1. The van der Waals surface area contributed by atoms with E-state index in [9.17, 15) is 9.90 Å². The minimum Gasteiger partial charge on any atom is -0.477 e. The van der Waals surface area contributed by atoms with Crippen molar-refractivity contribution < 1.29 is 28.6 Å². The van der Waals surface area contributed by atoms with Crippen molar-refractivity contribution in [3.05, 3.63) is 45.9 Å². The van der Waals surface area contributed by atoms with Crippen LogP contribution in [-0.4, -0.2) is 59.3 Å². The largest absolute Gasteiger partial charge is 0.477 e. The molecule has 0 amide bonds. The van der Waals surface area contributed by atoms with E-state index in [4.69, 9.17) is 30.3 Å².